The monoisotopic (exact) mass is 228 g/mol. The van der Waals surface area contributed by atoms with Crippen molar-refractivity contribution in [2.45, 2.75) is 58.2 Å². The molecule has 16 heavy (non-hydrogen) atoms. The molecule has 94 valence electrons. The summed E-state index contributed by atoms with van der Waals surface area (Å²) in [5.74, 6) is 0.567. The highest BCUT2D eigenvalue weighted by molar-refractivity contribution is 5.81. The molecule has 0 saturated heterocycles. The Kier molecular flexibility index (Phi) is 5.22. The zero-order valence-corrected chi connectivity index (χ0v) is 10.5. The Bertz CT molecular complexity index is 231. The van der Waals surface area contributed by atoms with Crippen LogP contribution in [0.25, 0.3) is 0 Å². The fourth-order valence-electron chi connectivity index (χ4n) is 2.08. The van der Waals surface area contributed by atoms with Gasteiger partial charge in [0.05, 0.1) is 12.1 Å². The van der Waals surface area contributed by atoms with E-state index in [-0.39, 0.29) is 24.1 Å². The molecule has 1 aliphatic carbocycles. The minimum Gasteiger partial charge on any atom is -0.393 e. The summed E-state index contributed by atoms with van der Waals surface area (Å²) in [6, 6.07) is 0.0326. The van der Waals surface area contributed by atoms with Gasteiger partial charge in [-0.15, -0.1) is 0 Å². The minimum atomic E-state index is -0.153. The number of nitrogens with one attached hydrogen (secondary N) is 2. The average molecular weight is 228 g/mol. The lowest BCUT2D eigenvalue weighted by molar-refractivity contribution is -0.123. The van der Waals surface area contributed by atoms with Gasteiger partial charge in [-0.1, -0.05) is 0 Å². The van der Waals surface area contributed by atoms with E-state index >= 15 is 0 Å². The SMILES string of the molecule is CC(C)NC(=O)C(C)NCC1CCC(O)C1. The van der Waals surface area contributed by atoms with E-state index in [1.807, 2.05) is 20.8 Å². The first kappa shape index (κ1) is 13.5. The predicted molar refractivity (Wildman–Crippen MR) is 64.1 cm³/mol. The van der Waals surface area contributed by atoms with Gasteiger partial charge in [0, 0.05) is 6.04 Å². The molecule has 4 nitrogen and oxygen atoms in total. The number of carbonyl (C=O) groups is 1. The third-order valence-electron chi connectivity index (χ3n) is 3.05. The van der Waals surface area contributed by atoms with Crippen molar-refractivity contribution < 1.29 is 9.90 Å². The lowest BCUT2D eigenvalue weighted by Gasteiger charge is -2.18. The molecule has 0 bridgehead atoms. The molecule has 1 saturated carbocycles. The van der Waals surface area contributed by atoms with Crippen LogP contribution in [0.2, 0.25) is 0 Å². The summed E-state index contributed by atoms with van der Waals surface area (Å²) in [5, 5.41) is 15.5. The first-order valence-corrected chi connectivity index (χ1v) is 6.21. The van der Waals surface area contributed by atoms with E-state index in [4.69, 9.17) is 0 Å². The molecule has 0 aliphatic heterocycles. The van der Waals surface area contributed by atoms with E-state index < -0.39 is 0 Å². The Morgan fingerprint density at radius 1 is 1.38 bits per heavy atom. The molecule has 0 radical (unpaired) electrons. The zero-order valence-electron chi connectivity index (χ0n) is 10.5. The molecular weight excluding hydrogens is 204 g/mol. The maximum absolute atomic E-state index is 11.6. The number of aliphatic hydroxyl groups excluding tert-OH is 1. The highest BCUT2D eigenvalue weighted by atomic mass is 16.3. The van der Waals surface area contributed by atoms with Gasteiger partial charge in [0.1, 0.15) is 0 Å². The van der Waals surface area contributed by atoms with E-state index in [2.05, 4.69) is 10.6 Å². The van der Waals surface area contributed by atoms with Gasteiger partial charge in [0.2, 0.25) is 5.91 Å². The summed E-state index contributed by atoms with van der Waals surface area (Å²) < 4.78 is 0. The van der Waals surface area contributed by atoms with Crippen LogP contribution in [0.3, 0.4) is 0 Å². The molecule has 1 amide bonds. The molecule has 0 aromatic carbocycles. The van der Waals surface area contributed by atoms with Gasteiger partial charge in [0.15, 0.2) is 0 Å². The van der Waals surface area contributed by atoms with Gasteiger partial charge >= 0.3 is 0 Å². The lowest BCUT2D eigenvalue weighted by atomic mass is 10.1. The van der Waals surface area contributed by atoms with Crippen LogP contribution in [-0.4, -0.2) is 35.7 Å². The van der Waals surface area contributed by atoms with Crippen molar-refractivity contribution in [3.63, 3.8) is 0 Å². The quantitative estimate of drug-likeness (QED) is 0.647. The maximum atomic E-state index is 11.6. The summed E-state index contributed by atoms with van der Waals surface area (Å²) in [6.07, 6.45) is 2.70. The third-order valence-corrected chi connectivity index (χ3v) is 3.05. The molecule has 3 N–H and O–H groups in total. The first-order valence-electron chi connectivity index (χ1n) is 6.21. The molecule has 0 spiro atoms. The Morgan fingerprint density at radius 3 is 2.56 bits per heavy atom. The van der Waals surface area contributed by atoms with Crippen molar-refractivity contribution in [1.82, 2.24) is 10.6 Å². The van der Waals surface area contributed by atoms with Crippen LogP contribution in [0.15, 0.2) is 0 Å². The van der Waals surface area contributed by atoms with Gasteiger partial charge < -0.3 is 15.7 Å². The molecule has 3 unspecified atom stereocenters. The van der Waals surface area contributed by atoms with E-state index in [0.29, 0.717) is 5.92 Å². The molecular formula is C12H24N2O2. The first-order chi connectivity index (χ1) is 7.49. The van der Waals surface area contributed by atoms with Gasteiger partial charge in [0.25, 0.3) is 0 Å². The molecule has 1 aliphatic rings. The molecule has 3 atom stereocenters. The molecule has 1 rings (SSSR count). The number of hydrogen-bond donors (Lipinski definition) is 3. The number of amides is 1. The van der Waals surface area contributed by atoms with Crippen LogP contribution in [0.5, 0.6) is 0 Å². The molecule has 0 aromatic heterocycles. The average Bonchev–Trinajstić information content (AvgIpc) is 2.59. The normalized spacial score (nSPS) is 27.1. The van der Waals surface area contributed by atoms with E-state index in [0.717, 1.165) is 25.8 Å². The highest BCUT2D eigenvalue weighted by Crippen LogP contribution is 2.24. The lowest BCUT2D eigenvalue weighted by Crippen LogP contribution is -2.45. The van der Waals surface area contributed by atoms with Crippen LogP contribution < -0.4 is 10.6 Å². The van der Waals surface area contributed by atoms with E-state index in [1.54, 1.807) is 0 Å². The number of aliphatic hydroxyl groups is 1. The van der Waals surface area contributed by atoms with E-state index in [1.165, 1.54) is 0 Å². The molecule has 1 fully saturated rings. The van der Waals surface area contributed by atoms with Crippen LogP contribution in [0.4, 0.5) is 0 Å². The van der Waals surface area contributed by atoms with Crippen LogP contribution >= 0.6 is 0 Å². The molecule has 0 aromatic rings. The van der Waals surface area contributed by atoms with Gasteiger partial charge in [-0.2, -0.15) is 0 Å². The molecule has 0 heterocycles. The van der Waals surface area contributed by atoms with Crippen molar-refractivity contribution >= 4 is 5.91 Å². The summed E-state index contributed by atoms with van der Waals surface area (Å²) in [4.78, 5) is 11.6. The number of rotatable bonds is 5. The van der Waals surface area contributed by atoms with Crippen molar-refractivity contribution in [1.29, 1.82) is 0 Å². The second-order valence-electron chi connectivity index (χ2n) is 5.13. The van der Waals surface area contributed by atoms with Crippen molar-refractivity contribution in [2.24, 2.45) is 5.92 Å². The van der Waals surface area contributed by atoms with Crippen LogP contribution in [-0.2, 0) is 4.79 Å². The maximum Gasteiger partial charge on any atom is 0.237 e. The smallest absolute Gasteiger partial charge is 0.237 e. The second-order valence-corrected chi connectivity index (χ2v) is 5.13. The fourth-order valence-corrected chi connectivity index (χ4v) is 2.08. The van der Waals surface area contributed by atoms with Crippen molar-refractivity contribution in [2.75, 3.05) is 6.54 Å². The zero-order chi connectivity index (χ0) is 12.1. The topological polar surface area (TPSA) is 61.4 Å². The Labute approximate surface area is 97.8 Å². The van der Waals surface area contributed by atoms with Crippen LogP contribution in [0.1, 0.15) is 40.0 Å². The summed E-state index contributed by atoms with van der Waals surface area (Å²) in [6.45, 7) is 6.61. The predicted octanol–water partition coefficient (Wildman–Crippen LogP) is 0.650. The fraction of sp³-hybridized carbons (Fsp3) is 0.917. The summed E-state index contributed by atoms with van der Waals surface area (Å²) >= 11 is 0. The number of carbonyl (C=O) groups excluding carboxylic acids is 1. The summed E-state index contributed by atoms with van der Waals surface area (Å²) in [5.41, 5.74) is 0. The minimum absolute atomic E-state index is 0.0496. The molecule has 4 heteroatoms. The van der Waals surface area contributed by atoms with Gasteiger partial charge in [-0.3, -0.25) is 4.79 Å². The Hall–Kier alpha value is -0.610. The standard InChI is InChI=1S/C12H24N2O2/c1-8(2)14-12(16)9(3)13-7-10-4-5-11(15)6-10/h8-11,13,15H,4-7H2,1-3H3,(H,14,16). The van der Waals surface area contributed by atoms with Gasteiger partial charge in [-0.05, 0) is 52.5 Å². The number of hydrogen-bond acceptors (Lipinski definition) is 3. The van der Waals surface area contributed by atoms with Crippen molar-refractivity contribution in [3.05, 3.63) is 0 Å². The van der Waals surface area contributed by atoms with Crippen LogP contribution in [0, 0.1) is 5.92 Å². The third kappa shape index (κ3) is 4.49. The highest BCUT2D eigenvalue weighted by Gasteiger charge is 2.23. The largest absolute Gasteiger partial charge is 0.393 e. The summed E-state index contributed by atoms with van der Waals surface area (Å²) in [7, 11) is 0. The Morgan fingerprint density at radius 2 is 2.06 bits per heavy atom. The van der Waals surface area contributed by atoms with Gasteiger partial charge in [-0.25, -0.2) is 0 Å². The van der Waals surface area contributed by atoms with E-state index in [9.17, 15) is 9.90 Å². The Balaban J connectivity index is 2.19. The second kappa shape index (κ2) is 6.21. The van der Waals surface area contributed by atoms with Crippen molar-refractivity contribution in [3.8, 4) is 0 Å².